The highest BCUT2D eigenvalue weighted by Crippen LogP contribution is 2.28. The van der Waals surface area contributed by atoms with Crippen molar-refractivity contribution in [3.8, 4) is 0 Å². The summed E-state index contributed by atoms with van der Waals surface area (Å²) in [5.41, 5.74) is 0. The average Bonchev–Trinajstić information content (AvgIpc) is 3.03. The summed E-state index contributed by atoms with van der Waals surface area (Å²) < 4.78 is 41.1. The molecule has 2 amide bonds. The van der Waals surface area contributed by atoms with Crippen LogP contribution in [0.5, 0.6) is 0 Å². The van der Waals surface area contributed by atoms with E-state index < -0.39 is 40.3 Å². The lowest BCUT2D eigenvalue weighted by Gasteiger charge is -2.28. The maximum Gasteiger partial charge on any atom is 0.327 e. The van der Waals surface area contributed by atoms with Gasteiger partial charge in [-0.3, -0.25) is 9.59 Å². The number of hydrazine groups is 1. The van der Waals surface area contributed by atoms with Crippen molar-refractivity contribution < 1.29 is 32.3 Å². The minimum absolute atomic E-state index is 0. The molecule has 258 valence electrons. The lowest BCUT2D eigenvalue weighted by Crippen LogP contribution is -2.56. The zero-order valence-corrected chi connectivity index (χ0v) is 28.5. The molecule has 2 aliphatic rings. The van der Waals surface area contributed by atoms with Gasteiger partial charge in [-0.1, -0.05) is 24.3 Å². The Morgan fingerprint density at radius 3 is 1.96 bits per heavy atom. The first-order valence-electron chi connectivity index (χ1n) is 15.5. The number of fused-ring (bicyclic) bond motifs is 1. The second-order valence-electron chi connectivity index (χ2n) is 11.9. The van der Waals surface area contributed by atoms with E-state index in [1.807, 2.05) is 0 Å². The summed E-state index contributed by atoms with van der Waals surface area (Å²) in [5.74, 6) is -2.52. The summed E-state index contributed by atoms with van der Waals surface area (Å²) in [6.45, 7) is 4.44. The number of nitrogens with one attached hydrogen (secondary N) is 4. The lowest BCUT2D eigenvalue weighted by molar-refractivity contribution is -0.150. The number of amides is 2. The van der Waals surface area contributed by atoms with E-state index in [1.165, 1.54) is 12.1 Å². The molecule has 4 rings (SSSR count). The van der Waals surface area contributed by atoms with Crippen LogP contribution in [0.1, 0.15) is 58.3 Å². The number of carboxylic acids is 1. The maximum absolute atomic E-state index is 14.3. The van der Waals surface area contributed by atoms with Crippen molar-refractivity contribution in [1.82, 2.24) is 25.8 Å². The molecule has 46 heavy (non-hydrogen) atoms. The SMILES string of the molecule is CC(C(=O)O)N(NS(=O)(=O)c1ccc(F)c2ccccc12)C(=O)CNC(=O)C(CCC1CCNCC1)CCC1CCNCC1.Cl.Cl. The molecule has 11 nitrogen and oxygen atoms in total. The quantitative estimate of drug-likeness (QED) is 0.187. The number of nitrogens with zero attached hydrogens (tertiary/aromatic N) is 1. The number of carbonyl (C=O) groups excluding carboxylic acids is 2. The van der Waals surface area contributed by atoms with Gasteiger partial charge in [0.1, 0.15) is 11.9 Å². The number of carboxylic acid groups (broad SMARTS) is 1. The van der Waals surface area contributed by atoms with Gasteiger partial charge in [-0.2, -0.15) is 0 Å². The van der Waals surface area contributed by atoms with Gasteiger partial charge in [0.15, 0.2) is 0 Å². The van der Waals surface area contributed by atoms with Crippen molar-refractivity contribution in [3.05, 3.63) is 42.2 Å². The predicted molar refractivity (Wildman–Crippen MR) is 179 cm³/mol. The number of hydrogen-bond donors (Lipinski definition) is 5. The molecule has 0 aliphatic carbocycles. The third-order valence-electron chi connectivity index (χ3n) is 8.90. The van der Waals surface area contributed by atoms with Crippen molar-refractivity contribution in [2.45, 2.75) is 69.2 Å². The second-order valence-corrected chi connectivity index (χ2v) is 13.5. The minimum Gasteiger partial charge on any atom is -0.480 e. The normalized spacial score (nSPS) is 16.7. The summed E-state index contributed by atoms with van der Waals surface area (Å²) in [5, 5.41) is 19.7. The Morgan fingerprint density at radius 1 is 0.913 bits per heavy atom. The molecule has 0 bridgehead atoms. The average molecular weight is 707 g/mol. The lowest BCUT2D eigenvalue weighted by atomic mass is 9.84. The van der Waals surface area contributed by atoms with Crippen LogP contribution in [0.15, 0.2) is 41.3 Å². The first-order chi connectivity index (χ1) is 21.1. The van der Waals surface area contributed by atoms with E-state index in [-0.39, 0.29) is 52.3 Å². The van der Waals surface area contributed by atoms with E-state index in [0.29, 0.717) is 29.7 Å². The number of halogens is 3. The van der Waals surface area contributed by atoms with Crippen LogP contribution in [-0.2, 0) is 24.4 Å². The van der Waals surface area contributed by atoms with E-state index in [0.717, 1.165) is 83.8 Å². The third-order valence-corrected chi connectivity index (χ3v) is 10.3. The Balaban J connectivity index is 0.00000368. The standard InChI is InChI=1S/C31H44FN5O6S.2ClH/c1-21(31(40)41)37(36-44(42,43)28-11-10-27(32)25-4-2-3-5-26(25)28)29(38)20-35-30(39)24(8-6-22-12-16-33-17-13-22)9-7-23-14-18-34-19-15-23;;/h2-5,10-11,21-24,33-34,36H,6-9,12-20H2,1H3,(H,35,39)(H,40,41);2*1H. The minimum atomic E-state index is -4.52. The van der Waals surface area contributed by atoms with E-state index in [2.05, 4.69) is 20.8 Å². The first kappa shape index (κ1) is 39.6. The van der Waals surface area contributed by atoms with E-state index in [9.17, 15) is 32.3 Å². The molecule has 0 radical (unpaired) electrons. The molecule has 2 aromatic carbocycles. The Labute approximate surface area is 282 Å². The van der Waals surface area contributed by atoms with Crippen molar-refractivity contribution in [3.63, 3.8) is 0 Å². The number of rotatable bonds is 14. The van der Waals surface area contributed by atoms with Gasteiger partial charge in [0.2, 0.25) is 5.91 Å². The molecular formula is C31H46Cl2FN5O6S. The third kappa shape index (κ3) is 10.7. The zero-order valence-electron chi connectivity index (χ0n) is 26.0. The number of piperidine rings is 2. The first-order valence-corrected chi connectivity index (χ1v) is 17.0. The van der Waals surface area contributed by atoms with E-state index >= 15 is 0 Å². The Bertz CT molecular complexity index is 1400. The van der Waals surface area contributed by atoms with Gasteiger partial charge in [-0.25, -0.2) is 22.6 Å². The summed E-state index contributed by atoms with van der Waals surface area (Å²) in [4.78, 5) is 40.3. The molecule has 1 atom stereocenters. The van der Waals surface area contributed by atoms with Crippen LogP contribution in [0.3, 0.4) is 0 Å². The molecule has 15 heteroatoms. The van der Waals surface area contributed by atoms with E-state index in [1.54, 1.807) is 12.1 Å². The maximum atomic E-state index is 14.3. The number of benzene rings is 2. The van der Waals surface area contributed by atoms with Gasteiger partial charge in [0.05, 0.1) is 11.4 Å². The number of carbonyl (C=O) groups is 3. The molecule has 1 unspecified atom stereocenters. The summed E-state index contributed by atoms with van der Waals surface area (Å²) >= 11 is 0. The van der Waals surface area contributed by atoms with Gasteiger partial charge in [-0.15, -0.1) is 29.6 Å². The molecule has 2 saturated heterocycles. The summed E-state index contributed by atoms with van der Waals surface area (Å²) in [7, 11) is -4.52. The molecule has 2 aromatic rings. The van der Waals surface area contributed by atoms with Crippen LogP contribution in [0.25, 0.3) is 10.8 Å². The number of sulfonamides is 1. The highest BCUT2D eigenvalue weighted by Gasteiger charge is 2.32. The van der Waals surface area contributed by atoms with Crippen LogP contribution < -0.4 is 20.8 Å². The van der Waals surface area contributed by atoms with Crippen LogP contribution >= 0.6 is 24.8 Å². The zero-order chi connectivity index (χ0) is 31.7. The number of aliphatic carboxylic acids is 1. The van der Waals surface area contributed by atoms with Gasteiger partial charge < -0.3 is 21.1 Å². The molecule has 0 saturated carbocycles. The molecule has 2 aliphatic heterocycles. The fourth-order valence-electron chi connectivity index (χ4n) is 6.12. The fourth-order valence-corrected chi connectivity index (χ4v) is 7.45. The molecule has 2 heterocycles. The highest BCUT2D eigenvalue weighted by atomic mass is 35.5. The molecule has 5 N–H and O–H groups in total. The fraction of sp³-hybridized carbons (Fsp3) is 0.581. The van der Waals surface area contributed by atoms with Gasteiger partial charge in [0, 0.05) is 16.7 Å². The Kier molecular flexibility index (Phi) is 16.1. The van der Waals surface area contributed by atoms with Crippen molar-refractivity contribution in [1.29, 1.82) is 0 Å². The van der Waals surface area contributed by atoms with Crippen molar-refractivity contribution in [2.75, 3.05) is 32.7 Å². The van der Waals surface area contributed by atoms with Crippen LogP contribution in [0.2, 0.25) is 0 Å². The van der Waals surface area contributed by atoms with Gasteiger partial charge in [0.25, 0.3) is 15.9 Å². The van der Waals surface area contributed by atoms with Crippen LogP contribution in [0.4, 0.5) is 4.39 Å². The number of hydrogen-bond acceptors (Lipinski definition) is 7. The largest absolute Gasteiger partial charge is 0.480 e. The van der Waals surface area contributed by atoms with Gasteiger partial charge >= 0.3 is 5.97 Å². The van der Waals surface area contributed by atoms with Crippen molar-refractivity contribution in [2.24, 2.45) is 17.8 Å². The Morgan fingerprint density at radius 2 is 1.43 bits per heavy atom. The highest BCUT2D eigenvalue weighted by molar-refractivity contribution is 7.89. The second kappa shape index (κ2) is 18.7. The molecule has 2 fully saturated rings. The Hall–Kier alpha value is -2.55. The molecular weight excluding hydrogens is 660 g/mol. The smallest absolute Gasteiger partial charge is 0.327 e. The topological polar surface area (TPSA) is 157 Å². The van der Waals surface area contributed by atoms with Crippen LogP contribution in [0, 0.1) is 23.6 Å². The van der Waals surface area contributed by atoms with Gasteiger partial charge in [-0.05, 0) is 108 Å². The van der Waals surface area contributed by atoms with Crippen LogP contribution in [-0.4, -0.2) is 75.1 Å². The van der Waals surface area contributed by atoms with Crippen molar-refractivity contribution >= 4 is 63.4 Å². The summed E-state index contributed by atoms with van der Waals surface area (Å²) in [6.07, 6.45) is 7.45. The molecule has 0 aromatic heterocycles. The molecule has 0 spiro atoms. The monoisotopic (exact) mass is 705 g/mol. The van der Waals surface area contributed by atoms with E-state index in [4.69, 9.17) is 0 Å². The predicted octanol–water partition coefficient (Wildman–Crippen LogP) is 3.61. The summed E-state index contributed by atoms with van der Waals surface area (Å²) in [6, 6.07) is 6.43.